The molecule has 2 aromatic heterocycles. The van der Waals surface area contributed by atoms with E-state index in [0.717, 1.165) is 0 Å². The van der Waals surface area contributed by atoms with Crippen molar-refractivity contribution in [1.82, 2.24) is 15.0 Å². The predicted octanol–water partition coefficient (Wildman–Crippen LogP) is 4.40. The smallest absolute Gasteiger partial charge is 0.230 e. The van der Waals surface area contributed by atoms with Crippen molar-refractivity contribution in [3.8, 4) is 11.6 Å². The number of ketones is 1. The number of carbonyl (C=O) groups is 1. The molecular formula is C17H12ClFN4O2. The largest absolute Gasteiger partial charge is 0.435 e. The summed E-state index contributed by atoms with van der Waals surface area (Å²) in [7, 11) is 0. The van der Waals surface area contributed by atoms with Crippen LogP contribution in [0, 0.1) is 5.82 Å². The van der Waals surface area contributed by atoms with Gasteiger partial charge in [-0.25, -0.2) is 19.3 Å². The fraction of sp³-hybridized carbons (Fsp3) is 0.0588. The summed E-state index contributed by atoms with van der Waals surface area (Å²) in [5.74, 6) is -0.408. The summed E-state index contributed by atoms with van der Waals surface area (Å²) in [5, 5.41) is 2.99. The molecule has 0 aliphatic rings. The number of rotatable bonds is 5. The van der Waals surface area contributed by atoms with E-state index in [-0.39, 0.29) is 28.3 Å². The molecule has 1 aromatic carbocycles. The molecule has 0 atom stereocenters. The Morgan fingerprint density at radius 2 is 2.04 bits per heavy atom. The summed E-state index contributed by atoms with van der Waals surface area (Å²) in [6.45, 7) is 1.39. The summed E-state index contributed by atoms with van der Waals surface area (Å²) < 4.78 is 19.8. The Hall–Kier alpha value is -3.06. The average Bonchev–Trinajstić information content (AvgIpc) is 2.58. The molecule has 2 heterocycles. The van der Waals surface area contributed by atoms with Crippen LogP contribution in [0.4, 0.5) is 15.9 Å². The molecule has 0 radical (unpaired) electrons. The van der Waals surface area contributed by atoms with Gasteiger partial charge in [-0.1, -0.05) is 0 Å². The van der Waals surface area contributed by atoms with Gasteiger partial charge >= 0.3 is 0 Å². The van der Waals surface area contributed by atoms with Gasteiger partial charge in [0.05, 0.1) is 5.56 Å². The maximum Gasteiger partial charge on any atom is 0.230 e. The SMILES string of the molecule is CC(=O)c1cccnc1Oc1ccc(Nc2ccnc(Cl)n2)cc1F. The monoisotopic (exact) mass is 358 g/mol. The van der Waals surface area contributed by atoms with E-state index in [2.05, 4.69) is 20.3 Å². The number of aromatic nitrogens is 3. The first-order valence-electron chi connectivity index (χ1n) is 7.22. The highest BCUT2D eigenvalue weighted by Crippen LogP contribution is 2.28. The highest BCUT2D eigenvalue weighted by atomic mass is 35.5. The number of benzene rings is 1. The molecule has 0 unspecified atom stereocenters. The second-order valence-electron chi connectivity index (χ2n) is 5.00. The summed E-state index contributed by atoms with van der Waals surface area (Å²) in [5.41, 5.74) is 0.729. The molecule has 0 saturated heterocycles. The number of nitrogens with zero attached hydrogens (tertiary/aromatic N) is 3. The number of Topliss-reactive ketones (excluding diaryl/α,β-unsaturated/α-hetero) is 1. The van der Waals surface area contributed by atoms with E-state index < -0.39 is 5.82 Å². The Kier molecular flexibility index (Phi) is 4.85. The van der Waals surface area contributed by atoms with Gasteiger partial charge in [0.2, 0.25) is 11.2 Å². The zero-order valence-corrected chi connectivity index (χ0v) is 13.8. The van der Waals surface area contributed by atoms with Gasteiger partial charge in [0.25, 0.3) is 0 Å². The Bertz CT molecular complexity index is 936. The minimum Gasteiger partial charge on any atom is -0.435 e. The van der Waals surface area contributed by atoms with Crippen LogP contribution in [0.5, 0.6) is 11.6 Å². The molecule has 0 spiro atoms. The third-order valence-electron chi connectivity index (χ3n) is 3.19. The topological polar surface area (TPSA) is 77.0 Å². The molecule has 3 aromatic rings. The summed E-state index contributed by atoms with van der Waals surface area (Å²) >= 11 is 5.71. The lowest BCUT2D eigenvalue weighted by Crippen LogP contribution is -2.00. The first-order valence-corrected chi connectivity index (χ1v) is 7.59. The second-order valence-corrected chi connectivity index (χ2v) is 5.33. The van der Waals surface area contributed by atoms with Gasteiger partial charge in [0, 0.05) is 24.1 Å². The van der Waals surface area contributed by atoms with E-state index >= 15 is 0 Å². The number of hydrogen-bond donors (Lipinski definition) is 1. The van der Waals surface area contributed by atoms with Crippen LogP contribution in [0.25, 0.3) is 0 Å². The minimum atomic E-state index is -0.620. The lowest BCUT2D eigenvalue weighted by Gasteiger charge is -2.10. The van der Waals surface area contributed by atoms with Crippen LogP contribution in [0.2, 0.25) is 5.28 Å². The van der Waals surface area contributed by atoms with Gasteiger partial charge in [0.1, 0.15) is 5.82 Å². The zero-order valence-electron chi connectivity index (χ0n) is 13.0. The minimum absolute atomic E-state index is 0.0486. The first kappa shape index (κ1) is 16.8. The van der Waals surface area contributed by atoms with Crippen LogP contribution < -0.4 is 10.1 Å². The molecule has 0 aliphatic carbocycles. The van der Waals surface area contributed by atoms with Gasteiger partial charge in [-0.05, 0) is 48.9 Å². The summed E-state index contributed by atoms with van der Waals surface area (Å²) in [6, 6.07) is 9.05. The normalized spacial score (nSPS) is 10.4. The number of carbonyl (C=O) groups excluding carboxylic acids is 1. The summed E-state index contributed by atoms with van der Waals surface area (Å²) in [4.78, 5) is 23.3. The molecule has 0 bridgehead atoms. The van der Waals surface area contributed by atoms with E-state index in [0.29, 0.717) is 11.5 Å². The molecule has 0 saturated carbocycles. The van der Waals surface area contributed by atoms with E-state index in [4.69, 9.17) is 16.3 Å². The molecule has 126 valence electrons. The Morgan fingerprint density at radius 1 is 1.20 bits per heavy atom. The van der Waals surface area contributed by atoms with Crippen molar-refractivity contribution in [2.24, 2.45) is 0 Å². The number of nitrogens with one attached hydrogen (secondary N) is 1. The van der Waals surface area contributed by atoms with Crippen molar-refractivity contribution in [3.63, 3.8) is 0 Å². The fourth-order valence-electron chi connectivity index (χ4n) is 2.06. The van der Waals surface area contributed by atoms with Crippen molar-refractivity contribution in [2.75, 3.05) is 5.32 Å². The van der Waals surface area contributed by atoms with Gasteiger partial charge < -0.3 is 10.1 Å². The van der Waals surface area contributed by atoms with E-state index in [1.54, 1.807) is 24.3 Å². The molecule has 6 nitrogen and oxygen atoms in total. The predicted molar refractivity (Wildman–Crippen MR) is 91.0 cm³/mol. The molecule has 1 N–H and O–H groups in total. The number of pyridine rings is 1. The second kappa shape index (κ2) is 7.23. The molecular weight excluding hydrogens is 347 g/mol. The highest BCUT2D eigenvalue weighted by molar-refractivity contribution is 6.28. The van der Waals surface area contributed by atoms with Gasteiger partial charge in [0.15, 0.2) is 17.3 Å². The van der Waals surface area contributed by atoms with Crippen molar-refractivity contribution in [3.05, 3.63) is 65.5 Å². The highest BCUT2D eigenvalue weighted by Gasteiger charge is 2.13. The lowest BCUT2D eigenvalue weighted by molar-refractivity contribution is 0.101. The zero-order chi connectivity index (χ0) is 17.8. The summed E-state index contributed by atoms with van der Waals surface area (Å²) in [6.07, 6.45) is 2.95. The van der Waals surface area contributed by atoms with Crippen molar-refractivity contribution >= 4 is 28.9 Å². The van der Waals surface area contributed by atoms with Crippen LogP contribution in [-0.4, -0.2) is 20.7 Å². The van der Waals surface area contributed by atoms with Gasteiger partial charge in [-0.3, -0.25) is 4.79 Å². The van der Waals surface area contributed by atoms with Crippen LogP contribution in [0.15, 0.2) is 48.8 Å². The Balaban J connectivity index is 1.82. The van der Waals surface area contributed by atoms with Gasteiger partial charge in [-0.2, -0.15) is 0 Å². The van der Waals surface area contributed by atoms with E-state index in [9.17, 15) is 9.18 Å². The molecule has 0 fully saturated rings. The number of hydrogen-bond acceptors (Lipinski definition) is 6. The Morgan fingerprint density at radius 3 is 2.76 bits per heavy atom. The van der Waals surface area contributed by atoms with Crippen LogP contribution in [-0.2, 0) is 0 Å². The average molecular weight is 359 g/mol. The third-order valence-corrected chi connectivity index (χ3v) is 3.37. The van der Waals surface area contributed by atoms with Crippen LogP contribution in [0.3, 0.4) is 0 Å². The molecule has 0 aliphatic heterocycles. The quantitative estimate of drug-likeness (QED) is 0.538. The number of halogens is 2. The standard InChI is InChI=1S/C17H12ClFN4O2/c1-10(24)12-3-2-7-20-16(12)25-14-5-4-11(9-13(14)19)22-15-6-8-21-17(18)23-15/h2-9H,1H3,(H,21,22,23). The lowest BCUT2D eigenvalue weighted by atomic mass is 10.2. The van der Waals surface area contributed by atoms with Crippen molar-refractivity contribution < 1.29 is 13.9 Å². The van der Waals surface area contributed by atoms with E-state index in [1.807, 2.05) is 0 Å². The van der Waals surface area contributed by atoms with Gasteiger partial charge in [-0.15, -0.1) is 0 Å². The number of ether oxygens (including phenoxy) is 1. The van der Waals surface area contributed by atoms with Crippen LogP contribution in [0.1, 0.15) is 17.3 Å². The van der Waals surface area contributed by atoms with Crippen molar-refractivity contribution in [1.29, 1.82) is 0 Å². The number of anilines is 2. The fourth-order valence-corrected chi connectivity index (χ4v) is 2.21. The molecule has 25 heavy (non-hydrogen) atoms. The van der Waals surface area contributed by atoms with Crippen LogP contribution >= 0.6 is 11.6 Å². The van der Waals surface area contributed by atoms with Crippen molar-refractivity contribution in [2.45, 2.75) is 6.92 Å². The maximum atomic E-state index is 14.3. The first-order chi connectivity index (χ1) is 12.0. The molecule has 3 rings (SSSR count). The molecule has 0 amide bonds. The Labute approximate surface area is 147 Å². The molecule has 8 heteroatoms. The maximum absolute atomic E-state index is 14.3. The third kappa shape index (κ3) is 4.07. The van der Waals surface area contributed by atoms with E-state index in [1.165, 1.54) is 31.5 Å².